The van der Waals surface area contributed by atoms with Gasteiger partial charge in [0.05, 0.1) is 6.04 Å². The molecule has 4 nitrogen and oxygen atoms in total. The Morgan fingerprint density at radius 2 is 1.83 bits per heavy atom. The highest BCUT2D eigenvalue weighted by atomic mass is 16.6. The van der Waals surface area contributed by atoms with Crippen LogP contribution in [0.4, 0.5) is 0 Å². The summed E-state index contributed by atoms with van der Waals surface area (Å²) in [5.41, 5.74) is 2.56. The van der Waals surface area contributed by atoms with E-state index in [2.05, 4.69) is 23.5 Å². The molecule has 23 heavy (non-hydrogen) atoms. The van der Waals surface area contributed by atoms with Gasteiger partial charge in [-0.15, -0.1) is 0 Å². The first kappa shape index (κ1) is 14.1. The molecule has 0 spiro atoms. The Hall–Kier alpha value is -2.49. The lowest BCUT2D eigenvalue weighted by molar-refractivity contribution is -0.131. The summed E-state index contributed by atoms with van der Waals surface area (Å²) in [6.07, 6.45) is 2.54. The topological polar surface area (TPSA) is 47.6 Å². The first-order valence-corrected chi connectivity index (χ1v) is 8.08. The molecular weight excluding hydrogens is 290 g/mol. The third-order valence-corrected chi connectivity index (χ3v) is 4.49. The quantitative estimate of drug-likeness (QED) is 0.927. The first-order valence-electron chi connectivity index (χ1n) is 8.08. The zero-order valence-electron chi connectivity index (χ0n) is 12.8. The Morgan fingerprint density at radius 3 is 2.74 bits per heavy atom. The van der Waals surface area contributed by atoms with E-state index in [0.717, 1.165) is 19.3 Å². The summed E-state index contributed by atoms with van der Waals surface area (Å²) in [5, 5.41) is 3.13. The van der Waals surface area contributed by atoms with E-state index >= 15 is 0 Å². The molecule has 0 fully saturated rings. The van der Waals surface area contributed by atoms with Crippen molar-refractivity contribution in [3.05, 3.63) is 59.7 Å². The average molecular weight is 309 g/mol. The van der Waals surface area contributed by atoms with E-state index in [1.807, 2.05) is 30.3 Å². The largest absolute Gasteiger partial charge is 0.485 e. The maximum absolute atomic E-state index is 12.6. The maximum atomic E-state index is 12.6. The van der Waals surface area contributed by atoms with Crippen LogP contribution < -0.4 is 14.8 Å². The molecule has 0 aromatic heterocycles. The van der Waals surface area contributed by atoms with Gasteiger partial charge in [0, 0.05) is 0 Å². The third-order valence-electron chi connectivity index (χ3n) is 4.49. The van der Waals surface area contributed by atoms with Crippen molar-refractivity contribution in [2.75, 3.05) is 6.61 Å². The number of rotatable bonds is 2. The van der Waals surface area contributed by atoms with Gasteiger partial charge in [0.15, 0.2) is 11.5 Å². The molecule has 1 heterocycles. The minimum absolute atomic E-state index is 0.0632. The minimum Gasteiger partial charge on any atom is -0.485 e. The summed E-state index contributed by atoms with van der Waals surface area (Å²) < 4.78 is 11.4. The number of amides is 1. The highest BCUT2D eigenvalue weighted by Crippen LogP contribution is 2.32. The number of aryl methyl sites for hydroxylation is 1. The molecule has 0 unspecified atom stereocenters. The maximum Gasteiger partial charge on any atom is 0.265 e. The zero-order chi connectivity index (χ0) is 15.6. The van der Waals surface area contributed by atoms with Crippen LogP contribution in [0.5, 0.6) is 11.5 Å². The van der Waals surface area contributed by atoms with Crippen LogP contribution in [0.15, 0.2) is 48.5 Å². The molecule has 0 saturated carbocycles. The van der Waals surface area contributed by atoms with Crippen molar-refractivity contribution in [2.45, 2.75) is 31.4 Å². The lowest BCUT2D eigenvalue weighted by Gasteiger charge is -2.30. The van der Waals surface area contributed by atoms with E-state index in [0.29, 0.717) is 11.5 Å². The molecule has 1 aliphatic heterocycles. The number of hydrogen-bond acceptors (Lipinski definition) is 3. The normalized spacial score (nSPS) is 22.1. The number of fused-ring (bicyclic) bond motifs is 2. The lowest BCUT2D eigenvalue weighted by atomic mass is 9.87. The van der Waals surface area contributed by atoms with Gasteiger partial charge < -0.3 is 14.8 Å². The van der Waals surface area contributed by atoms with E-state index in [1.165, 1.54) is 11.1 Å². The number of para-hydroxylation sites is 2. The van der Waals surface area contributed by atoms with Crippen LogP contribution in [-0.2, 0) is 11.2 Å². The predicted molar refractivity (Wildman–Crippen MR) is 86.6 cm³/mol. The van der Waals surface area contributed by atoms with Crippen molar-refractivity contribution in [3.8, 4) is 11.5 Å². The van der Waals surface area contributed by atoms with Crippen LogP contribution in [0.1, 0.15) is 30.0 Å². The van der Waals surface area contributed by atoms with Crippen molar-refractivity contribution in [1.29, 1.82) is 0 Å². The van der Waals surface area contributed by atoms with E-state index in [-0.39, 0.29) is 18.6 Å². The molecule has 0 saturated heterocycles. The second-order valence-electron chi connectivity index (χ2n) is 6.02. The SMILES string of the molecule is O=C(N[C@@H]1CCCc2ccccc21)[C@H]1COc2ccccc2O1. The van der Waals surface area contributed by atoms with Crippen LogP contribution in [0.25, 0.3) is 0 Å². The fourth-order valence-corrected chi connectivity index (χ4v) is 3.32. The summed E-state index contributed by atoms with van der Waals surface area (Å²) in [6.45, 7) is 0.247. The molecule has 4 heteroatoms. The Bertz CT molecular complexity index is 728. The number of benzene rings is 2. The third kappa shape index (κ3) is 2.77. The van der Waals surface area contributed by atoms with E-state index in [1.54, 1.807) is 0 Å². The standard InChI is InChI=1S/C19H19NO3/c21-19(18-12-22-16-10-3-4-11-17(16)23-18)20-15-9-5-7-13-6-1-2-8-14(13)15/h1-4,6,8,10-11,15,18H,5,7,9,12H2,(H,20,21)/t15-,18-/m1/s1. The molecule has 118 valence electrons. The Kier molecular flexibility index (Phi) is 3.66. The van der Waals surface area contributed by atoms with Crippen LogP contribution >= 0.6 is 0 Å². The zero-order valence-corrected chi connectivity index (χ0v) is 12.8. The molecule has 1 amide bonds. The van der Waals surface area contributed by atoms with Crippen LogP contribution in [0.2, 0.25) is 0 Å². The summed E-state index contributed by atoms with van der Waals surface area (Å²) in [4.78, 5) is 12.6. The number of ether oxygens (including phenoxy) is 2. The van der Waals surface area contributed by atoms with Gasteiger partial charge in [0.25, 0.3) is 5.91 Å². The van der Waals surface area contributed by atoms with Crippen LogP contribution in [-0.4, -0.2) is 18.6 Å². The molecule has 1 aliphatic carbocycles. The van der Waals surface area contributed by atoms with E-state index in [9.17, 15) is 4.79 Å². The van der Waals surface area contributed by atoms with Gasteiger partial charge in [-0.3, -0.25) is 4.79 Å². The van der Waals surface area contributed by atoms with Gasteiger partial charge in [-0.2, -0.15) is 0 Å². The highest BCUT2D eigenvalue weighted by Gasteiger charge is 2.30. The van der Waals surface area contributed by atoms with Crippen LogP contribution in [0.3, 0.4) is 0 Å². The molecular formula is C19H19NO3. The number of carbonyl (C=O) groups is 1. The van der Waals surface area contributed by atoms with Crippen molar-refractivity contribution < 1.29 is 14.3 Å². The van der Waals surface area contributed by atoms with E-state index < -0.39 is 6.10 Å². The molecule has 0 bridgehead atoms. The minimum atomic E-state index is -0.598. The molecule has 4 rings (SSSR count). The molecule has 0 radical (unpaired) electrons. The summed E-state index contributed by atoms with van der Waals surface area (Å²) in [5.74, 6) is 1.21. The fraction of sp³-hybridized carbons (Fsp3) is 0.316. The molecule has 1 N–H and O–H groups in total. The van der Waals surface area contributed by atoms with Gasteiger partial charge in [0.2, 0.25) is 6.10 Å². The number of nitrogens with one attached hydrogen (secondary N) is 1. The summed E-state index contributed by atoms with van der Waals surface area (Å²) in [6, 6.07) is 15.8. The van der Waals surface area contributed by atoms with Gasteiger partial charge >= 0.3 is 0 Å². The Morgan fingerprint density at radius 1 is 1.04 bits per heavy atom. The van der Waals surface area contributed by atoms with Crippen LogP contribution in [0, 0.1) is 0 Å². The molecule has 2 atom stereocenters. The van der Waals surface area contributed by atoms with Crippen molar-refractivity contribution in [2.24, 2.45) is 0 Å². The second kappa shape index (κ2) is 5.95. The summed E-state index contributed by atoms with van der Waals surface area (Å²) >= 11 is 0. The Balaban J connectivity index is 1.47. The molecule has 2 aromatic rings. The highest BCUT2D eigenvalue weighted by molar-refractivity contribution is 5.82. The van der Waals surface area contributed by atoms with E-state index in [4.69, 9.17) is 9.47 Å². The van der Waals surface area contributed by atoms with Gasteiger partial charge in [-0.05, 0) is 42.5 Å². The van der Waals surface area contributed by atoms with Crippen molar-refractivity contribution in [1.82, 2.24) is 5.32 Å². The fourth-order valence-electron chi connectivity index (χ4n) is 3.32. The second-order valence-corrected chi connectivity index (χ2v) is 6.02. The predicted octanol–water partition coefficient (Wildman–Crippen LogP) is 3.02. The average Bonchev–Trinajstić information content (AvgIpc) is 2.61. The van der Waals surface area contributed by atoms with Crippen molar-refractivity contribution >= 4 is 5.91 Å². The smallest absolute Gasteiger partial charge is 0.265 e. The number of carbonyl (C=O) groups excluding carboxylic acids is 1. The molecule has 2 aromatic carbocycles. The number of hydrogen-bond donors (Lipinski definition) is 1. The summed E-state index contributed by atoms with van der Waals surface area (Å²) in [7, 11) is 0. The first-order chi connectivity index (χ1) is 11.3. The van der Waals surface area contributed by atoms with Gasteiger partial charge in [-0.1, -0.05) is 36.4 Å². The molecule has 2 aliphatic rings. The van der Waals surface area contributed by atoms with Gasteiger partial charge in [0.1, 0.15) is 6.61 Å². The van der Waals surface area contributed by atoms with Crippen molar-refractivity contribution in [3.63, 3.8) is 0 Å². The monoisotopic (exact) mass is 309 g/mol. The van der Waals surface area contributed by atoms with Gasteiger partial charge in [-0.25, -0.2) is 0 Å². The lowest BCUT2D eigenvalue weighted by Crippen LogP contribution is -2.45. The Labute approximate surface area is 135 Å².